The fraction of sp³-hybridized carbons (Fsp3) is 0.154. The van der Waals surface area contributed by atoms with Crippen molar-refractivity contribution < 1.29 is 0 Å². The summed E-state index contributed by atoms with van der Waals surface area (Å²) in [6.07, 6.45) is 2.01. The maximum Gasteiger partial charge on any atom is 0.285 e. The molecular formula is C13H11Cl3N4O. The predicted octanol–water partition coefficient (Wildman–Crippen LogP) is 3.96. The molecule has 0 unspecified atom stereocenters. The van der Waals surface area contributed by atoms with Crippen molar-refractivity contribution in [3.05, 3.63) is 55.4 Å². The first kappa shape index (κ1) is 15.8. The average molecular weight is 346 g/mol. The first-order valence-electron chi connectivity index (χ1n) is 6.04. The van der Waals surface area contributed by atoms with Gasteiger partial charge in [0, 0.05) is 10.6 Å². The number of rotatable bonds is 4. The highest BCUT2D eigenvalue weighted by Crippen LogP contribution is 2.23. The van der Waals surface area contributed by atoms with Gasteiger partial charge in [-0.1, -0.05) is 47.8 Å². The molecule has 1 aromatic heterocycles. The Kier molecular flexibility index (Phi) is 5.22. The van der Waals surface area contributed by atoms with Gasteiger partial charge in [0.25, 0.3) is 5.56 Å². The standard InChI is InChI=1S/C13H11Cl3N4O/c1-2-10(8-4-3-7(14)5-9(8)15)18-19-11-6-17-20-13(21)12(11)16/h3-6H,2H2,1H3,(H2,19,20,21)/b18-10-. The molecule has 0 saturated heterocycles. The molecule has 0 fully saturated rings. The highest BCUT2D eigenvalue weighted by atomic mass is 35.5. The topological polar surface area (TPSA) is 70.1 Å². The summed E-state index contributed by atoms with van der Waals surface area (Å²) in [5.74, 6) is 0. The van der Waals surface area contributed by atoms with Gasteiger partial charge in [-0.2, -0.15) is 10.2 Å². The van der Waals surface area contributed by atoms with Crippen molar-refractivity contribution in [1.82, 2.24) is 10.2 Å². The SMILES string of the molecule is CC/C(=N/Nc1cn[nH]c(=O)c1Cl)c1ccc(Cl)cc1Cl. The smallest absolute Gasteiger partial charge is 0.275 e. The summed E-state index contributed by atoms with van der Waals surface area (Å²) < 4.78 is 0. The van der Waals surface area contributed by atoms with Crippen LogP contribution in [-0.4, -0.2) is 15.9 Å². The van der Waals surface area contributed by atoms with E-state index in [9.17, 15) is 4.79 Å². The summed E-state index contributed by atoms with van der Waals surface area (Å²) in [7, 11) is 0. The highest BCUT2D eigenvalue weighted by molar-refractivity contribution is 6.37. The Labute approximate surface area is 135 Å². The zero-order valence-electron chi connectivity index (χ0n) is 11.0. The number of hydrogen-bond donors (Lipinski definition) is 2. The average Bonchev–Trinajstić information content (AvgIpc) is 2.45. The molecule has 0 aliphatic carbocycles. The Hall–Kier alpha value is -1.56. The normalized spacial score (nSPS) is 11.5. The van der Waals surface area contributed by atoms with Crippen LogP contribution in [0.4, 0.5) is 5.69 Å². The van der Waals surface area contributed by atoms with E-state index < -0.39 is 5.56 Å². The molecule has 5 nitrogen and oxygen atoms in total. The van der Waals surface area contributed by atoms with Gasteiger partial charge in [-0.25, -0.2) is 5.10 Å². The molecule has 2 rings (SSSR count). The summed E-state index contributed by atoms with van der Waals surface area (Å²) in [4.78, 5) is 11.3. The number of nitrogens with zero attached hydrogens (tertiary/aromatic N) is 2. The largest absolute Gasteiger partial charge is 0.285 e. The molecule has 8 heteroatoms. The third-order valence-electron chi connectivity index (χ3n) is 2.68. The second-order valence-corrected chi connectivity index (χ2v) is 5.30. The summed E-state index contributed by atoms with van der Waals surface area (Å²) >= 11 is 17.9. The van der Waals surface area contributed by atoms with Crippen LogP contribution in [0.2, 0.25) is 15.1 Å². The first-order chi connectivity index (χ1) is 10.0. The molecule has 0 radical (unpaired) electrons. The number of H-pyrrole nitrogens is 1. The minimum absolute atomic E-state index is 0.00796. The van der Waals surface area contributed by atoms with E-state index in [-0.39, 0.29) is 5.02 Å². The maximum atomic E-state index is 11.3. The number of anilines is 1. The number of benzene rings is 1. The monoisotopic (exact) mass is 344 g/mol. The zero-order chi connectivity index (χ0) is 15.4. The number of halogens is 3. The van der Waals surface area contributed by atoms with Gasteiger partial charge in [0.15, 0.2) is 0 Å². The number of nitrogens with one attached hydrogen (secondary N) is 2. The molecule has 110 valence electrons. The van der Waals surface area contributed by atoms with Crippen LogP contribution >= 0.6 is 34.8 Å². The summed E-state index contributed by atoms with van der Waals surface area (Å²) in [6, 6.07) is 5.16. The number of aromatic amines is 1. The number of hydrogen-bond acceptors (Lipinski definition) is 4. The quantitative estimate of drug-likeness (QED) is 0.651. The van der Waals surface area contributed by atoms with E-state index in [1.54, 1.807) is 18.2 Å². The summed E-state index contributed by atoms with van der Waals surface area (Å²) in [5, 5.41) is 11.2. The molecule has 0 bridgehead atoms. The van der Waals surface area contributed by atoms with Gasteiger partial charge in [-0.3, -0.25) is 10.2 Å². The van der Waals surface area contributed by atoms with Crippen molar-refractivity contribution in [1.29, 1.82) is 0 Å². The number of aromatic nitrogens is 2. The summed E-state index contributed by atoms with van der Waals surface area (Å²) in [6.45, 7) is 1.93. The van der Waals surface area contributed by atoms with E-state index >= 15 is 0 Å². The lowest BCUT2D eigenvalue weighted by Gasteiger charge is -2.08. The van der Waals surface area contributed by atoms with Crippen molar-refractivity contribution >= 4 is 46.2 Å². The molecule has 2 aromatic rings. The van der Waals surface area contributed by atoms with Crippen LogP contribution in [0.25, 0.3) is 0 Å². The molecule has 1 heterocycles. The zero-order valence-corrected chi connectivity index (χ0v) is 13.2. The van der Waals surface area contributed by atoms with Crippen molar-refractivity contribution in [2.45, 2.75) is 13.3 Å². The molecule has 21 heavy (non-hydrogen) atoms. The lowest BCUT2D eigenvalue weighted by Crippen LogP contribution is -2.11. The van der Waals surface area contributed by atoms with Crippen molar-refractivity contribution in [3.63, 3.8) is 0 Å². The Balaban J connectivity index is 2.33. The Morgan fingerprint density at radius 3 is 2.81 bits per heavy atom. The van der Waals surface area contributed by atoms with Gasteiger partial charge >= 0.3 is 0 Å². The van der Waals surface area contributed by atoms with Crippen LogP contribution in [0, 0.1) is 0 Å². The molecule has 0 aliphatic heterocycles. The van der Waals surface area contributed by atoms with Gasteiger partial charge in [0.1, 0.15) is 10.7 Å². The van der Waals surface area contributed by atoms with Gasteiger partial charge < -0.3 is 0 Å². The van der Waals surface area contributed by atoms with Crippen molar-refractivity contribution in [2.24, 2.45) is 5.10 Å². The van der Waals surface area contributed by atoms with E-state index in [2.05, 4.69) is 20.7 Å². The first-order valence-corrected chi connectivity index (χ1v) is 7.17. The van der Waals surface area contributed by atoms with E-state index in [4.69, 9.17) is 34.8 Å². The highest BCUT2D eigenvalue weighted by Gasteiger charge is 2.09. The Bertz CT molecular complexity index is 742. The van der Waals surface area contributed by atoms with E-state index in [0.29, 0.717) is 27.9 Å². The molecular weight excluding hydrogens is 335 g/mol. The van der Waals surface area contributed by atoms with Crippen LogP contribution in [0.15, 0.2) is 34.3 Å². The molecule has 1 aromatic carbocycles. The minimum Gasteiger partial charge on any atom is -0.275 e. The van der Waals surface area contributed by atoms with E-state index in [1.165, 1.54) is 6.20 Å². The Morgan fingerprint density at radius 1 is 1.38 bits per heavy atom. The van der Waals surface area contributed by atoms with Gasteiger partial charge in [-0.15, -0.1) is 0 Å². The molecule has 2 N–H and O–H groups in total. The lowest BCUT2D eigenvalue weighted by molar-refractivity contribution is 0.986. The number of hydrazone groups is 1. The van der Waals surface area contributed by atoms with Crippen LogP contribution in [0.5, 0.6) is 0 Å². The second kappa shape index (κ2) is 6.93. The van der Waals surface area contributed by atoms with Gasteiger partial charge in [-0.05, 0) is 18.6 Å². The van der Waals surface area contributed by atoms with Crippen LogP contribution in [0.3, 0.4) is 0 Å². The van der Waals surface area contributed by atoms with Crippen LogP contribution < -0.4 is 11.0 Å². The van der Waals surface area contributed by atoms with Gasteiger partial charge in [0.2, 0.25) is 0 Å². The molecule has 0 aliphatic rings. The lowest BCUT2D eigenvalue weighted by atomic mass is 10.1. The van der Waals surface area contributed by atoms with Gasteiger partial charge in [0.05, 0.1) is 16.9 Å². The fourth-order valence-corrected chi connectivity index (χ4v) is 2.29. The van der Waals surface area contributed by atoms with E-state index in [1.807, 2.05) is 6.92 Å². The van der Waals surface area contributed by atoms with E-state index in [0.717, 1.165) is 5.56 Å². The third kappa shape index (κ3) is 3.75. The predicted molar refractivity (Wildman–Crippen MR) is 86.8 cm³/mol. The summed E-state index contributed by atoms with van der Waals surface area (Å²) in [5.41, 5.74) is 4.01. The maximum absolute atomic E-state index is 11.3. The molecule has 0 amide bonds. The van der Waals surface area contributed by atoms with Crippen molar-refractivity contribution in [2.75, 3.05) is 5.43 Å². The van der Waals surface area contributed by atoms with Crippen LogP contribution in [-0.2, 0) is 0 Å². The third-order valence-corrected chi connectivity index (χ3v) is 3.61. The molecule has 0 saturated carbocycles. The second-order valence-electron chi connectivity index (χ2n) is 4.07. The minimum atomic E-state index is -0.487. The molecule has 0 atom stereocenters. The fourth-order valence-electron chi connectivity index (χ4n) is 1.64. The molecule has 0 spiro atoms. The van der Waals surface area contributed by atoms with Crippen molar-refractivity contribution in [3.8, 4) is 0 Å². The Morgan fingerprint density at radius 2 is 2.14 bits per heavy atom. The van der Waals surface area contributed by atoms with Crippen LogP contribution in [0.1, 0.15) is 18.9 Å².